The van der Waals surface area contributed by atoms with Gasteiger partial charge < -0.3 is 4.90 Å². The molecule has 0 atom stereocenters. The topological polar surface area (TPSA) is 15.6 Å². The Morgan fingerprint density at radius 3 is 2.71 bits per heavy atom. The molecule has 14 heavy (non-hydrogen) atoms. The Balaban J connectivity index is 2.12. The van der Waals surface area contributed by atoms with Crippen LogP contribution in [-0.4, -0.2) is 19.4 Å². The van der Waals surface area contributed by atoms with Crippen molar-refractivity contribution < 1.29 is 0 Å². The number of anilines is 1. The molecule has 1 aliphatic rings. The minimum Gasteiger partial charge on any atom is -0.333 e. The largest absolute Gasteiger partial charge is 0.333 e. The van der Waals surface area contributed by atoms with Gasteiger partial charge in [-0.1, -0.05) is 18.2 Å². The molecule has 0 aromatic heterocycles. The molecule has 0 aliphatic carbocycles. The van der Waals surface area contributed by atoms with Gasteiger partial charge in [0.25, 0.3) is 0 Å². The van der Waals surface area contributed by atoms with Crippen LogP contribution in [0.4, 0.5) is 5.69 Å². The fourth-order valence-electron chi connectivity index (χ4n) is 1.69. The van der Waals surface area contributed by atoms with Crippen LogP contribution in [0.5, 0.6) is 0 Å². The average molecular weight is 188 g/mol. The molecule has 1 aromatic carbocycles. The summed E-state index contributed by atoms with van der Waals surface area (Å²) in [5.74, 6) is 0. The van der Waals surface area contributed by atoms with Crippen LogP contribution < -0.4 is 4.90 Å². The third-order valence-corrected chi connectivity index (χ3v) is 2.50. The highest BCUT2D eigenvalue weighted by Gasteiger charge is 2.04. The van der Waals surface area contributed by atoms with E-state index in [9.17, 15) is 0 Å². The summed E-state index contributed by atoms with van der Waals surface area (Å²) >= 11 is 0. The predicted molar refractivity (Wildman–Crippen MR) is 61.0 cm³/mol. The van der Waals surface area contributed by atoms with Gasteiger partial charge in [-0.25, -0.2) is 0 Å². The van der Waals surface area contributed by atoms with Crippen molar-refractivity contribution >= 4 is 12.0 Å². The predicted octanol–water partition coefficient (Wildman–Crippen LogP) is 2.71. The van der Waals surface area contributed by atoms with Gasteiger partial charge in [0, 0.05) is 18.8 Å². The van der Waals surface area contributed by atoms with Crippen molar-refractivity contribution in [1.82, 2.24) is 0 Å². The van der Waals surface area contributed by atoms with E-state index in [1.54, 1.807) is 0 Å². The molecule has 2 heteroatoms. The van der Waals surface area contributed by atoms with Gasteiger partial charge in [0.05, 0.1) is 6.34 Å². The van der Waals surface area contributed by atoms with Crippen LogP contribution in [0.3, 0.4) is 0 Å². The molecule has 0 fully saturated rings. The van der Waals surface area contributed by atoms with Crippen LogP contribution in [0.15, 0.2) is 35.3 Å². The van der Waals surface area contributed by atoms with Crippen molar-refractivity contribution in [3.05, 3.63) is 30.3 Å². The standard InChI is InChI=1S/C12H16N2/c1-3-7-12(8-4-1)14-10-6-2-5-9-13-11-14/h1,3-4,7-8,11H,2,5-6,9-10H2. The fraction of sp³-hybridized carbons (Fsp3) is 0.417. The van der Waals surface area contributed by atoms with Crippen LogP contribution in [0.1, 0.15) is 19.3 Å². The Morgan fingerprint density at radius 1 is 1.00 bits per heavy atom. The van der Waals surface area contributed by atoms with Crippen LogP contribution in [0.2, 0.25) is 0 Å². The summed E-state index contributed by atoms with van der Waals surface area (Å²) in [6, 6.07) is 10.5. The molecule has 1 aliphatic heterocycles. The van der Waals surface area contributed by atoms with E-state index >= 15 is 0 Å². The summed E-state index contributed by atoms with van der Waals surface area (Å²) in [6.45, 7) is 2.07. The summed E-state index contributed by atoms with van der Waals surface area (Å²) in [5.41, 5.74) is 1.25. The minimum atomic E-state index is 0.976. The zero-order valence-electron chi connectivity index (χ0n) is 8.39. The zero-order chi connectivity index (χ0) is 9.64. The van der Waals surface area contributed by atoms with Crippen molar-refractivity contribution in [2.24, 2.45) is 4.99 Å². The number of hydrogen-bond acceptors (Lipinski definition) is 2. The van der Waals surface area contributed by atoms with Gasteiger partial charge in [0.1, 0.15) is 0 Å². The molecule has 0 N–H and O–H groups in total. The molecule has 74 valence electrons. The van der Waals surface area contributed by atoms with E-state index in [-0.39, 0.29) is 0 Å². The summed E-state index contributed by atoms with van der Waals surface area (Å²) in [4.78, 5) is 6.62. The van der Waals surface area contributed by atoms with E-state index in [0.717, 1.165) is 13.1 Å². The normalized spacial score (nSPS) is 17.6. The summed E-state index contributed by atoms with van der Waals surface area (Å²) in [6.07, 6.45) is 5.77. The first-order chi connectivity index (χ1) is 6.97. The fourth-order valence-corrected chi connectivity index (χ4v) is 1.69. The lowest BCUT2D eigenvalue weighted by atomic mass is 10.2. The number of rotatable bonds is 1. The third kappa shape index (κ3) is 2.34. The van der Waals surface area contributed by atoms with Crippen molar-refractivity contribution in [2.75, 3.05) is 18.0 Å². The zero-order valence-corrected chi connectivity index (χ0v) is 8.39. The van der Waals surface area contributed by atoms with Crippen LogP contribution >= 0.6 is 0 Å². The molecule has 0 radical (unpaired) electrons. The molecule has 0 saturated carbocycles. The molecule has 2 nitrogen and oxygen atoms in total. The first kappa shape index (κ1) is 9.25. The van der Waals surface area contributed by atoms with Gasteiger partial charge >= 0.3 is 0 Å². The maximum atomic E-state index is 4.39. The molecule has 0 saturated heterocycles. The number of para-hydroxylation sites is 1. The number of hydrogen-bond donors (Lipinski definition) is 0. The van der Waals surface area contributed by atoms with Crippen LogP contribution in [-0.2, 0) is 0 Å². The van der Waals surface area contributed by atoms with Gasteiger partial charge in [0.15, 0.2) is 0 Å². The van der Waals surface area contributed by atoms with E-state index in [4.69, 9.17) is 0 Å². The van der Waals surface area contributed by atoms with Crippen molar-refractivity contribution in [3.63, 3.8) is 0 Å². The second-order valence-corrected chi connectivity index (χ2v) is 3.61. The Kier molecular flexibility index (Phi) is 3.17. The van der Waals surface area contributed by atoms with Crippen LogP contribution in [0, 0.1) is 0 Å². The second-order valence-electron chi connectivity index (χ2n) is 3.61. The lowest BCUT2D eigenvalue weighted by molar-refractivity contribution is 0.680. The quantitative estimate of drug-likeness (QED) is 0.661. The highest BCUT2D eigenvalue weighted by molar-refractivity contribution is 5.78. The SMILES string of the molecule is C1=NCCCCCN1c1ccccc1. The van der Waals surface area contributed by atoms with Gasteiger partial charge in [-0.15, -0.1) is 0 Å². The average Bonchev–Trinajstić information content (AvgIpc) is 2.18. The Hall–Kier alpha value is -1.31. The Labute approximate surface area is 85.3 Å². The Morgan fingerprint density at radius 2 is 1.86 bits per heavy atom. The van der Waals surface area contributed by atoms with E-state index in [1.165, 1.54) is 24.9 Å². The molecular formula is C12H16N2. The van der Waals surface area contributed by atoms with Gasteiger partial charge in [-0.3, -0.25) is 4.99 Å². The number of aliphatic imine (C=N–C) groups is 1. The maximum Gasteiger partial charge on any atom is 0.0894 e. The molecule has 1 aromatic rings. The first-order valence-electron chi connectivity index (χ1n) is 5.28. The minimum absolute atomic E-state index is 0.976. The summed E-state index contributed by atoms with van der Waals surface area (Å²) < 4.78 is 0. The molecular weight excluding hydrogens is 172 g/mol. The van der Waals surface area contributed by atoms with E-state index < -0.39 is 0 Å². The van der Waals surface area contributed by atoms with Crippen molar-refractivity contribution in [1.29, 1.82) is 0 Å². The highest BCUT2D eigenvalue weighted by atomic mass is 15.1. The number of benzene rings is 1. The van der Waals surface area contributed by atoms with Crippen molar-refractivity contribution in [2.45, 2.75) is 19.3 Å². The molecule has 0 amide bonds. The molecule has 0 bridgehead atoms. The van der Waals surface area contributed by atoms with Gasteiger partial charge in [0.2, 0.25) is 0 Å². The van der Waals surface area contributed by atoms with Gasteiger partial charge in [-0.2, -0.15) is 0 Å². The van der Waals surface area contributed by atoms with E-state index in [0.29, 0.717) is 0 Å². The smallest absolute Gasteiger partial charge is 0.0894 e. The first-order valence-corrected chi connectivity index (χ1v) is 5.28. The van der Waals surface area contributed by atoms with Gasteiger partial charge in [-0.05, 0) is 31.4 Å². The lowest BCUT2D eigenvalue weighted by Gasteiger charge is -2.21. The van der Waals surface area contributed by atoms with Crippen molar-refractivity contribution in [3.8, 4) is 0 Å². The maximum absolute atomic E-state index is 4.39. The van der Waals surface area contributed by atoms with Crippen LogP contribution in [0.25, 0.3) is 0 Å². The van der Waals surface area contributed by atoms with E-state index in [2.05, 4.69) is 34.2 Å². The lowest BCUT2D eigenvalue weighted by Crippen LogP contribution is -2.23. The number of nitrogens with zero attached hydrogens (tertiary/aromatic N) is 2. The summed E-state index contributed by atoms with van der Waals surface area (Å²) in [5, 5.41) is 0. The Bertz CT molecular complexity index is 292. The highest BCUT2D eigenvalue weighted by Crippen LogP contribution is 2.13. The van der Waals surface area contributed by atoms with E-state index in [1.807, 2.05) is 12.4 Å². The second kappa shape index (κ2) is 4.80. The third-order valence-electron chi connectivity index (χ3n) is 2.50. The molecule has 1 heterocycles. The molecule has 2 rings (SSSR count). The molecule has 0 unspecified atom stereocenters. The summed E-state index contributed by atoms with van der Waals surface area (Å²) in [7, 11) is 0. The molecule has 0 spiro atoms. The monoisotopic (exact) mass is 188 g/mol.